The molecule has 0 saturated carbocycles. The Morgan fingerprint density at radius 3 is 2.33 bits per heavy atom. The van der Waals surface area contributed by atoms with Gasteiger partial charge >= 0.3 is 12.1 Å². The topological polar surface area (TPSA) is 64.6 Å². The van der Waals surface area contributed by atoms with Crippen LogP contribution < -0.4 is 5.32 Å². The van der Waals surface area contributed by atoms with Gasteiger partial charge in [0, 0.05) is 11.5 Å². The highest BCUT2D eigenvalue weighted by Crippen LogP contribution is 2.11. The standard InChI is InChI=1S/C11H17Cl2NO4/c1-7(13)5-8(9(15)17-6-12)14-10(16)18-11(2,3)4/h8H,1,5-6H2,2-4H3,(H,14,16). The van der Waals surface area contributed by atoms with Gasteiger partial charge in [0.1, 0.15) is 11.6 Å². The lowest BCUT2D eigenvalue weighted by molar-refractivity contribution is -0.144. The highest BCUT2D eigenvalue weighted by Gasteiger charge is 2.25. The van der Waals surface area contributed by atoms with Crippen LogP contribution in [0.4, 0.5) is 4.79 Å². The lowest BCUT2D eigenvalue weighted by Gasteiger charge is -2.22. The van der Waals surface area contributed by atoms with Gasteiger partial charge < -0.3 is 14.8 Å². The molecule has 1 amide bonds. The molecule has 18 heavy (non-hydrogen) atoms. The highest BCUT2D eigenvalue weighted by molar-refractivity contribution is 6.29. The zero-order valence-corrected chi connectivity index (χ0v) is 12.1. The van der Waals surface area contributed by atoms with Gasteiger partial charge in [0.2, 0.25) is 0 Å². The first-order valence-corrected chi connectivity index (χ1v) is 6.12. The monoisotopic (exact) mass is 297 g/mol. The third-order valence-electron chi connectivity index (χ3n) is 1.60. The molecule has 1 unspecified atom stereocenters. The Labute approximate surface area is 116 Å². The van der Waals surface area contributed by atoms with E-state index in [0.717, 1.165) is 0 Å². The van der Waals surface area contributed by atoms with Gasteiger partial charge in [-0.2, -0.15) is 0 Å². The predicted octanol–water partition coefficient (Wildman–Crippen LogP) is 2.76. The highest BCUT2D eigenvalue weighted by atomic mass is 35.5. The van der Waals surface area contributed by atoms with Crippen LogP contribution in [0, 0.1) is 0 Å². The Morgan fingerprint density at radius 1 is 1.39 bits per heavy atom. The molecule has 0 aromatic carbocycles. The number of rotatable bonds is 5. The minimum absolute atomic E-state index is 0.0382. The van der Waals surface area contributed by atoms with Crippen LogP contribution in [0.1, 0.15) is 27.2 Å². The molecule has 0 aliphatic heterocycles. The van der Waals surface area contributed by atoms with Crippen LogP contribution in [0.3, 0.4) is 0 Å². The number of ether oxygens (including phenoxy) is 2. The van der Waals surface area contributed by atoms with Crippen molar-refractivity contribution in [3.8, 4) is 0 Å². The summed E-state index contributed by atoms with van der Waals surface area (Å²) in [5.74, 6) is -0.697. The number of carbonyl (C=O) groups is 2. The molecule has 0 radical (unpaired) electrons. The molecule has 0 saturated heterocycles. The first-order chi connectivity index (χ1) is 8.15. The molecule has 1 atom stereocenters. The first-order valence-electron chi connectivity index (χ1n) is 5.21. The number of esters is 1. The number of nitrogens with one attached hydrogen (secondary N) is 1. The Kier molecular flexibility index (Phi) is 7.09. The van der Waals surface area contributed by atoms with Gasteiger partial charge in [-0.05, 0) is 20.8 Å². The molecular weight excluding hydrogens is 281 g/mol. The van der Waals surface area contributed by atoms with Crippen molar-refractivity contribution in [3.05, 3.63) is 11.6 Å². The van der Waals surface area contributed by atoms with E-state index in [4.69, 9.17) is 27.9 Å². The van der Waals surface area contributed by atoms with Crippen LogP contribution in [0.5, 0.6) is 0 Å². The van der Waals surface area contributed by atoms with Crippen molar-refractivity contribution >= 4 is 35.3 Å². The third kappa shape index (κ3) is 8.20. The number of alkyl carbamates (subject to hydrolysis) is 1. The van der Waals surface area contributed by atoms with Gasteiger partial charge in [-0.3, -0.25) is 0 Å². The summed E-state index contributed by atoms with van der Waals surface area (Å²) in [6.45, 7) is 8.57. The van der Waals surface area contributed by atoms with E-state index in [2.05, 4.69) is 16.6 Å². The van der Waals surface area contributed by atoms with Crippen molar-refractivity contribution < 1.29 is 19.1 Å². The molecule has 0 heterocycles. The van der Waals surface area contributed by atoms with E-state index in [1.165, 1.54) is 0 Å². The van der Waals surface area contributed by atoms with Gasteiger partial charge in [-0.25, -0.2) is 9.59 Å². The van der Waals surface area contributed by atoms with E-state index >= 15 is 0 Å². The number of alkyl halides is 1. The Hall–Kier alpha value is -0.940. The van der Waals surface area contributed by atoms with Crippen molar-refractivity contribution in [2.45, 2.75) is 38.8 Å². The maximum Gasteiger partial charge on any atom is 0.408 e. The number of hydrogen-bond donors (Lipinski definition) is 1. The van der Waals surface area contributed by atoms with Crippen LogP contribution in [0.25, 0.3) is 0 Å². The van der Waals surface area contributed by atoms with Gasteiger partial charge in [-0.15, -0.1) is 0 Å². The predicted molar refractivity (Wildman–Crippen MR) is 69.6 cm³/mol. The zero-order chi connectivity index (χ0) is 14.3. The fourth-order valence-electron chi connectivity index (χ4n) is 1.02. The molecule has 0 spiro atoms. The average Bonchev–Trinajstić information content (AvgIpc) is 2.13. The fourth-order valence-corrected chi connectivity index (χ4v) is 1.28. The van der Waals surface area contributed by atoms with Crippen molar-refractivity contribution in [2.24, 2.45) is 0 Å². The second-order valence-corrected chi connectivity index (χ2v) is 5.25. The van der Waals surface area contributed by atoms with Gasteiger partial charge in [-0.1, -0.05) is 29.8 Å². The second-order valence-electron chi connectivity index (χ2n) is 4.49. The number of carbonyl (C=O) groups excluding carboxylic acids is 2. The van der Waals surface area contributed by atoms with Crippen molar-refractivity contribution in [1.29, 1.82) is 0 Å². The zero-order valence-electron chi connectivity index (χ0n) is 10.6. The molecule has 104 valence electrons. The van der Waals surface area contributed by atoms with Crippen LogP contribution in [-0.4, -0.2) is 29.8 Å². The molecule has 0 rings (SSSR count). The maximum absolute atomic E-state index is 11.5. The van der Waals surface area contributed by atoms with Crippen molar-refractivity contribution in [1.82, 2.24) is 5.32 Å². The SMILES string of the molecule is C=C(Cl)CC(NC(=O)OC(C)(C)C)C(=O)OCCl. The number of hydrogen-bond acceptors (Lipinski definition) is 4. The smallest absolute Gasteiger partial charge is 0.408 e. The summed E-state index contributed by atoms with van der Waals surface area (Å²) in [6, 6.07) is -1.27. The van der Waals surface area contributed by atoms with Crippen LogP contribution in [0.2, 0.25) is 0 Å². The van der Waals surface area contributed by atoms with Gasteiger partial charge in [0.05, 0.1) is 0 Å². The van der Waals surface area contributed by atoms with Crippen molar-refractivity contribution in [2.75, 3.05) is 6.07 Å². The van der Waals surface area contributed by atoms with E-state index in [9.17, 15) is 9.59 Å². The average molecular weight is 298 g/mol. The number of halogens is 2. The Balaban J connectivity index is 4.54. The lowest BCUT2D eigenvalue weighted by Crippen LogP contribution is -2.44. The molecule has 0 bridgehead atoms. The molecule has 0 aliphatic rings. The third-order valence-corrected chi connectivity index (χ3v) is 1.86. The molecule has 5 nitrogen and oxygen atoms in total. The largest absolute Gasteiger partial charge is 0.448 e. The van der Waals surface area contributed by atoms with Gasteiger partial charge in [0.15, 0.2) is 6.07 Å². The maximum atomic E-state index is 11.5. The molecule has 0 aromatic heterocycles. The fraction of sp³-hybridized carbons (Fsp3) is 0.636. The van der Waals surface area contributed by atoms with Crippen LogP contribution >= 0.6 is 23.2 Å². The molecule has 0 aromatic rings. The summed E-state index contributed by atoms with van der Waals surface area (Å²) >= 11 is 10.9. The van der Waals surface area contributed by atoms with E-state index < -0.39 is 23.7 Å². The van der Waals surface area contributed by atoms with Crippen molar-refractivity contribution in [3.63, 3.8) is 0 Å². The molecule has 7 heteroatoms. The lowest BCUT2D eigenvalue weighted by atomic mass is 10.2. The summed E-state index contributed by atoms with van der Waals surface area (Å²) in [5, 5.41) is 2.56. The van der Waals surface area contributed by atoms with E-state index in [1.807, 2.05) is 0 Å². The van der Waals surface area contributed by atoms with E-state index in [1.54, 1.807) is 20.8 Å². The van der Waals surface area contributed by atoms with Crippen LogP contribution in [-0.2, 0) is 14.3 Å². The molecule has 1 N–H and O–H groups in total. The molecule has 0 aliphatic carbocycles. The summed E-state index contributed by atoms with van der Waals surface area (Å²) in [6.07, 6.45) is -0.701. The Morgan fingerprint density at radius 2 is 1.94 bits per heavy atom. The summed E-state index contributed by atoms with van der Waals surface area (Å²) in [7, 11) is 0. The summed E-state index contributed by atoms with van der Waals surface area (Å²) < 4.78 is 9.61. The minimum atomic E-state index is -0.969. The minimum Gasteiger partial charge on any atom is -0.448 e. The quantitative estimate of drug-likeness (QED) is 0.626. The normalized spacial score (nSPS) is 12.5. The van der Waals surface area contributed by atoms with Crippen LogP contribution in [0.15, 0.2) is 11.6 Å². The van der Waals surface area contributed by atoms with E-state index in [0.29, 0.717) is 0 Å². The molecule has 0 fully saturated rings. The van der Waals surface area contributed by atoms with E-state index in [-0.39, 0.29) is 17.5 Å². The second kappa shape index (κ2) is 7.48. The summed E-state index contributed by atoms with van der Waals surface area (Å²) in [4.78, 5) is 23.0. The van der Waals surface area contributed by atoms with Gasteiger partial charge in [0.25, 0.3) is 0 Å². The number of amides is 1. The summed E-state index contributed by atoms with van der Waals surface area (Å²) in [5.41, 5.74) is -0.664. The molecular formula is C11H17Cl2NO4. The Bertz CT molecular complexity index is 325. The first kappa shape index (κ1) is 17.1.